The van der Waals surface area contributed by atoms with E-state index in [9.17, 15) is 0 Å². The second-order valence-corrected chi connectivity index (χ2v) is 35.4. The molecule has 17 aromatic carbocycles. The van der Waals surface area contributed by atoms with Crippen LogP contribution in [0.2, 0.25) is 0 Å². The van der Waals surface area contributed by atoms with Gasteiger partial charge in [-0.3, -0.25) is 0 Å². The van der Waals surface area contributed by atoms with Crippen LogP contribution in [0.3, 0.4) is 0 Å². The number of furan rings is 1. The number of fused-ring (bicyclic) bond motifs is 27. The first-order chi connectivity index (χ1) is 56.2. The largest absolute Gasteiger partial charge is 0.456 e. The molecule has 0 aliphatic carbocycles. The molecule has 5 nitrogen and oxygen atoms in total. The minimum atomic E-state index is 0.927. The van der Waals surface area contributed by atoms with Gasteiger partial charge in [0.2, 0.25) is 0 Å². The third-order valence-corrected chi connectivity index (χ3v) is 27.8. The topological polar surface area (TPSA) is 32.9 Å². The predicted molar refractivity (Wildman–Crippen MR) is 505 cm³/mol. The Morgan fingerprint density at radius 3 is 1.23 bits per heavy atom. The molecule has 0 bridgehead atoms. The van der Waals surface area contributed by atoms with E-state index < -0.39 is 0 Å². The third kappa shape index (κ3) is 11.4. The Balaban J connectivity index is 0.0000000930. The van der Waals surface area contributed by atoms with Crippen molar-refractivity contribution >= 4 is 267 Å². The van der Waals surface area contributed by atoms with Crippen molar-refractivity contribution in [1.29, 1.82) is 0 Å². The lowest BCUT2D eigenvalue weighted by Gasteiger charge is -2.11. The van der Waals surface area contributed by atoms with Crippen molar-refractivity contribution in [2.24, 2.45) is 0 Å². The maximum absolute atomic E-state index is 6.13. The number of rotatable bonds is 5. The summed E-state index contributed by atoms with van der Waals surface area (Å²) in [6.45, 7) is 0. The molecular formula is C102H60Br4N4OS3. The molecule has 0 N–H and O–H groups in total. The zero-order valence-electron chi connectivity index (χ0n) is 60.6. The summed E-state index contributed by atoms with van der Waals surface area (Å²) in [6.07, 6.45) is 0. The van der Waals surface area contributed by atoms with Gasteiger partial charge in [0.25, 0.3) is 0 Å². The van der Waals surface area contributed by atoms with Gasteiger partial charge in [-0.05, 0) is 167 Å². The summed E-state index contributed by atoms with van der Waals surface area (Å²) in [5, 5.41) is 20.6. The molecule has 0 aliphatic heterocycles. The lowest BCUT2D eigenvalue weighted by Crippen LogP contribution is -1.94. The molecule has 0 saturated heterocycles. The standard InChI is InChI=1S/C30H18BrNS.C24H14BrNO.2C24H14BrNS/c31-21-13-14-23-25-15-16-26-24-11-4-5-12-28(24)33-30(26)29(25)32(27(23)18-21)22-10-6-9-20(17-22)19-7-2-1-3-8-19;25-20-11-6-10-17-18-14-23-19(16-9-4-5-12-22(16)27-23)13-21(18)26(24(17)20)15-7-2-1-3-8-15;25-15-10-11-17-20(14-15)26(16-6-2-1-3-7-16)19-12-13-22-24(23(17)19)18-8-4-5-9-21(18)27-22;25-15-10-11-17-19-12-13-20-18-8-4-5-9-22(18)27-24(20)23(19)26(21(17)14-15)16-6-2-1-3-7-16/h1-18H;3*1-14H. The van der Waals surface area contributed by atoms with E-state index in [1.165, 1.54) is 176 Å². The van der Waals surface area contributed by atoms with Crippen molar-refractivity contribution in [3.63, 3.8) is 0 Å². The van der Waals surface area contributed by atoms with Crippen LogP contribution in [0, 0.1) is 0 Å². The highest BCUT2D eigenvalue weighted by Gasteiger charge is 2.24. The van der Waals surface area contributed by atoms with Crippen molar-refractivity contribution < 1.29 is 4.42 Å². The van der Waals surface area contributed by atoms with E-state index in [1.54, 1.807) is 0 Å². The van der Waals surface area contributed by atoms with Gasteiger partial charge in [0, 0.05) is 146 Å². The van der Waals surface area contributed by atoms with Gasteiger partial charge in [0.1, 0.15) is 11.2 Å². The fourth-order valence-electron chi connectivity index (χ4n) is 17.3. The van der Waals surface area contributed by atoms with Crippen LogP contribution in [0.25, 0.3) is 204 Å². The first-order valence-corrected chi connectivity index (χ1v) is 43.3. The van der Waals surface area contributed by atoms with Crippen LogP contribution in [0.4, 0.5) is 0 Å². The van der Waals surface area contributed by atoms with Crippen molar-refractivity contribution in [3.05, 3.63) is 382 Å². The highest BCUT2D eigenvalue weighted by atomic mass is 79.9. The number of para-hydroxylation sites is 5. The van der Waals surface area contributed by atoms with Gasteiger partial charge in [-0.15, -0.1) is 34.0 Å². The maximum Gasteiger partial charge on any atom is 0.136 e. The molecular weight excluding hydrogens is 1710 g/mol. The number of thiophene rings is 3. The van der Waals surface area contributed by atoms with E-state index in [0.717, 1.165) is 45.5 Å². The zero-order chi connectivity index (χ0) is 75.8. The normalized spacial score (nSPS) is 11.9. The minimum absolute atomic E-state index is 0.927. The molecule has 0 radical (unpaired) electrons. The Labute approximate surface area is 699 Å². The summed E-state index contributed by atoms with van der Waals surface area (Å²) in [4.78, 5) is 0. The summed E-state index contributed by atoms with van der Waals surface area (Å²) < 4.78 is 28.1. The van der Waals surface area contributed by atoms with E-state index in [2.05, 4.69) is 428 Å². The van der Waals surface area contributed by atoms with E-state index in [0.29, 0.717) is 0 Å². The van der Waals surface area contributed by atoms with Crippen LogP contribution < -0.4 is 0 Å². The smallest absolute Gasteiger partial charge is 0.136 e. The van der Waals surface area contributed by atoms with Crippen molar-refractivity contribution in [1.82, 2.24) is 18.3 Å². The number of benzene rings is 17. The van der Waals surface area contributed by atoms with Crippen LogP contribution in [0.15, 0.2) is 386 Å². The third-order valence-electron chi connectivity index (χ3n) is 22.2. The lowest BCUT2D eigenvalue weighted by atomic mass is 10.1. The van der Waals surface area contributed by atoms with Crippen LogP contribution in [-0.2, 0) is 0 Å². The number of halogens is 4. The van der Waals surface area contributed by atoms with Crippen LogP contribution >= 0.6 is 97.7 Å². The highest BCUT2D eigenvalue weighted by molar-refractivity contribution is 9.11. The quantitative estimate of drug-likeness (QED) is 0.169. The average molecular weight is 1770 g/mol. The molecule has 0 fully saturated rings. The first kappa shape index (κ1) is 69.1. The Kier molecular flexibility index (Phi) is 17.1. The van der Waals surface area contributed by atoms with Gasteiger partial charge < -0.3 is 22.7 Å². The predicted octanol–water partition coefficient (Wildman–Crippen LogP) is 32.9. The van der Waals surface area contributed by atoms with Gasteiger partial charge in [-0.2, -0.15) is 0 Å². The lowest BCUT2D eigenvalue weighted by molar-refractivity contribution is 0.669. The van der Waals surface area contributed by atoms with Gasteiger partial charge in [0.15, 0.2) is 0 Å². The van der Waals surface area contributed by atoms with E-state index in [1.807, 2.05) is 52.2 Å². The van der Waals surface area contributed by atoms with E-state index in [4.69, 9.17) is 4.42 Å². The first-order valence-electron chi connectivity index (χ1n) is 37.7. The average Bonchev–Trinajstić information content (AvgIpc) is 1.58. The molecule has 0 amide bonds. The monoisotopic (exact) mass is 1770 g/mol. The second-order valence-electron chi connectivity index (χ2n) is 28.7. The molecule has 0 aliphatic rings. The van der Waals surface area contributed by atoms with Crippen LogP contribution in [-0.4, -0.2) is 18.3 Å². The number of aromatic nitrogens is 4. The summed E-state index contributed by atoms with van der Waals surface area (Å²) >= 11 is 20.5. The van der Waals surface area contributed by atoms with E-state index in [-0.39, 0.29) is 0 Å². The van der Waals surface area contributed by atoms with Crippen molar-refractivity contribution in [2.45, 2.75) is 0 Å². The summed E-state index contributed by atoms with van der Waals surface area (Å²) in [5.74, 6) is 0. The summed E-state index contributed by atoms with van der Waals surface area (Å²) in [6, 6.07) is 130. The molecule has 0 saturated carbocycles. The molecule has 8 aromatic heterocycles. The Morgan fingerprint density at radius 2 is 0.632 bits per heavy atom. The van der Waals surface area contributed by atoms with Crippen LogP contribution in [0.1, 0.15) is 0 Å². The molecule has 25 aromatic rings. The fourth-order valence-corrected chi connectivity index (χ4v) is 22.5. The molecule has 0 unspecified atom stereocenters. The molecule has 114 heavy (non-hydrogen) atoms. The fraction of sp³-hybridized carbons (Fsp3) is 0. The molecule has 0 spiro atoms. The SMILES string of the molecule is Brc1ccc2c3c4c(ccc3n(-c3ccccc3)c2c1)sc1ccccc14.Brc1ccc2c3ccc4c5ccccc5sc4c3n(-c3cccc(-c4ccccc4)c3)c2c1.Brc1ccc2c3ccc4c5ccccc5sc4c3n(-c3ccccc3)c2c1.Brc1cccc2c3cc4oc5ccccc5c4cc3n(-c3ccccc3)c12. The second kappa shape index (κ2) is 28.2. The van der Waals surface area contributed by atoms with Gasteiger partial charge >= 0.3 is 0 Å². The van der Waals surface area contributed by atoms with Gasteiger partial charge in [-0.25, -0.2) is 0 Å². The summed E-state index contributed by atoms with van der Waals surface area (Å²) in [7, 11) is 0. The number of hydrogen-bond acceptors (Lipinski definition) is 4. The number of hydrogen-bond donors (Lipinski definition) is 0. The molecule has 540 valence electrons. The van der Waals surface area contributed by atoms with Crippen LogP contribution in [0.5, 0.6) is 0 Å². The maximum atomic E-state index is 6.13. The molecule has 12 heteroatoms. The zero-order valence-corrected chi connectivity index (χ0v) is 69.4. The van der Waals surface area contributed by atoms with Crippen molar-refractivity contribution in [3.8, 4) is 33.9 Å². The van der Waals surface area contributed by atoms with Gasteiger partial charge in [0.05, 0.1) is 53.5 Å². The Morgan fingerprint density at radius 1 is 0.211 bits per heavy atom. The molecule has 25 rings (SSSR count). The number of nitrogens with zero attached hydrogens (tertiary/aromatic N) is 4. The molecule has 8 heterocycles. The highest BCUT2D eigenvalue weighted by Crippen LogP contribution is 2.49. The summed E-state index contributed by atoms with van der Waals surface area (Å²) in [5.41, 5.74) is 18.9. The van der Waals surface area contributed by atoms with Crippen molar-refractivity contribution in [2.75, 3.05) is 0 Å². The minimum Gasteiger partial charge on any atom is -0.456 e. The van der Waals surface area contributed by atoms with Gasteiger partial charge in [-0.1, -0.05) is 272 Å². The molecule has 0 atom stereocenters. The van der Waals surface area contributed by atoms with E-state index >= 15 is 0 Å². The Hall–Kier alpha value is -11.7. The Bertz CT molecular complexity index is 8170.